The molecule has 0 aromatic heterocycles. The number of halogens is 1. The molecule has 6 heteroatoms. The molecule has 0 amide bonds. The predicted molar refractivity (Wildman–Crippen MR) is 124 cm³/mol. The lowest BCUT2D eigenvalue weighted by atomic mass is 10.0. The van der Waals surface area contributed by atoms with Crippen LogP contribution in [-0.4, -0.2) is 14.2 Å². The third kappa shape index (κ3) is 12.5. The number of unbranched alkanes of at least 4 members (excludes halogenated alkanes) is 13. The van der Waals surface area contributed by atoms with Gasteiger partial charge in [0.2, 0.25) is 10.0 Å². The Labute approximate surface area is 177 Å². The van der Waals surface area contributed by atoms with Gasteiger partial charge in [0.15, 0.2) is 0 Å². The van der Waals surface area contributed by atoms with Crippen LogP contribution in [0.15, 0.2) is 18.2 Å². The van der Waals surface area contributed by atoms with Crippen LogP contribution in [0.3, 0.4) is 0 Å². The molecular weight excluding hydrogens is 392 g/mol. The largest absolute Gasteiger partial charge is 0.397 e. The first-order valence-corrected chi connectivity index (χ1v) is 13.0. The van der Waals surface area contributed by atoms with E-state index in [0.29, 0.717) is 22.8 Å². The molecule has 0 heterocycles. The second kappa shape index (κ2) is 15.0. The van der Waals surface area contributed by atoms with Gasteiger partial charge in [0.25, 0.3) is 0 Å². The lowest BCUT2D eigenvalue weighted by molar-refractivity contribution is 0.537. The van der Waals surface area contributed by atoms with Crippen LogP contribution in [0.4, 0.5) is 11.4 Å². The third-order valence-corrected chi connectivity index (χ3v) is 6.75. The molecule has 4 nitrogen and oxygen atoms in total. The number of rotatable bonds is 17. The second-order valence-corrected chi connectivity index (χ2v) is 10.0. The molecule has 0 aliphatic carbocycles. The van der Waals surface area contributed by atoms with E-state index in [0.717, 1.165) is 12.8 Å². The van der Waals surface area contributed by atoms with E-state index in [-0.39, 0.29) is 5.75 Å². The van der Waals surface area contributed by atoms with Crippen LogP contribution in [0, 0.1) is 0 Å². The zero-order chi connectivity index (χ0) is 20.7. The van der Waals surface area contributed by atoms with Crippen molar-refractivity contribution in [2.24, 2.45) is 0 Å². The topological polar surface area (TPSA) is 72.2 Å². The Kier molecular flexibility index (Phi) is 13.4. The van der Waals surface area contributed by atoms with Crippen molar-refractivity contribution in [2.75, 3.05) is 16.2 Å². The van der Waals surface area contributed by atoms with E-state index in [9.17, 15) is 8.42 Å². The molecule has 0 saturated heterocycles. The molecule has 0 unspecified atom stereocenters. The average Bonchev–Trinajstić information content (AvgIpc) is 2.65. The average molecular weight is 431 g/mol. The monoisotopic (exact) mass is 430 g/mol. The highest BCUT2D eigenvalue weighted by Crippen LogP contribution is 2.23. The highest BCUT2D eigenvalue weighted by atomic mass is 35.5. The molecule has 3 N–H and O–H groups in total. The molecule has 0 atom stereocenters. The first-order valence-electron chi connectivity index (χ1n) is 11.0. The fraction of sp³-hybridized carbons (Fsp3) is 0.727. The third-order valence-electron chi connectivity index (χ3n) is 5.04. The van der Waals surface area contributed by atoms with Gasteiger partial charge in [-0.3, -0.25) is 4.72 Å². The number of hydrogen-bond acceptors (Lipinski definition) is 3. The predicted octanol–water partition coefficient (Wildman–Crippen LogP) is 7.15. The molecule has 0 fully saturated rings. The van der Waals surface area contributed by atoms with Gasteiger partial charge in [-0.05, 0) is 24.6 Å². The quantitative estimate of drug-likeness (QED) is 0.203. The summed E-state index contributed by atoms with van der Waals surface area (Å²) in [5.74, 6) is 0.146. The standard InChI is InChI=1S/C22H39ClN2O2S/c1-2-3-4-5-6-7-8-9-10-11-12-13-14-15-18-28(26,27)25-20-16-17-21(23)22(24)19-20/h16-17,19,25H,2-15,18,24H2,1H3. The van der Waals surface area contributed by atoms with Crippen LogP contribution in [-0.2, 0) is 10.0 Å². The number of sulfonamides is 1. The Bertz CT molecular complexity index is 635. The minimum atomic E-state index is -3.33. The van der Waals surface area contributed by atoms with Crippen molar-refractivity contribution in [1.82, 2.24) is 0 Å². The fourth-order valence-electron chi connectivity index (χ4n) is 3.32. The van der Waals surface area contributed by atoms with Crippen LogP contribution in [0.25, 0.3) is 0 Å². The number of anilines is 2. The van der Waals surface area contributed by atoms with Crippen molar-refractivity contribution in [1.29, 1.82) is 0 Å². The Morgan fingerprint density at radius 3 is 1.75 bits per heavy atom. The highest BCUT2D eigenvalue weighted by Gasteiger charge is 2.10. The number of benzene rings is 1. The van der Waals surface area contributed by atoms with Crippen molar-refractivity contribution in [3.63, 3.8) is 0 Å². The maximum absolute atomic E-state index is 12.1. The van der Waals surface area contributed by atoms with E-state index >= 15 is 0 Å². The van der Waals surface area contributed by atoms with E-state index in [4.69, 9.17) is 17.3 Å². The molecule has 0 saturated carbocycles. The Balaban J connectivity index is 1.98. The van der Waals surface area contributed by atoms with Crippen LogP contribution in [0.2, 0.25) is 5.02 Å². The summed E-state index contributed by atoms with van der Waals surface area (Å²) in [7, 11) is -3.33. The molecule has 0 aliphatic heterocycles. The maximum Gasteiger partial charge on any atom is 0.232 e. The summed E-state index contributed by atoms with van der Waals surface area (Å²) < 4.78 is 26.8. The molecule has 0 radical (unpaired) electrons. The summed E-state index contributed by atoms with van der Waals surface area (Å²) in [4.78, 5) is 0. The Morgan fingerprint density at radius 2 is 1.29 bits per heavy atom. The number of nitrogen functional groups attached to an aromatic ring is 1. The van der Waals surface area contributed by atoms with E-state index < -0.39 is 10.0 Å². The van der Waals surface area contributed by atoms with Crippen LogP contribution in [0.1, 0.15) is 96.8 Å². The molecule has 1 rings (SSSR count). The van der Waals surface area contributed by atoms with Crippen LogP contribution >= 0.6 is 11.6 Å². The minimum Gasteiger partial charge on any atom is -0.397 e. The summed E-state index contributed by atoms with van der Waals surface area (Å²) in [6.45, 7) is 2.26. The molecule has 1 aromatic rings. The maximum atomic E-state index is 12.1. The van der Waals surface area contributed by atoms with Gasteiger partial charge in [-0.25, -0.2) is 8.42 Å². The van der Waals surface area contributed by atoms with E-state index in [1.807, 2.05) is 0 Å². The van der Waals surface area contributed by atoms with Crippen molar-refractivity contribution in [2.45, 2.75) is 96.8 Å². The summed E-state index contributed by atoms with van der Waals surface area (Å²) in [5, 5.41) is 0.426. The number of nitrogens with two attached hydrogens (primary N) is 1. The number of hydrogen-bond donors (Lipinski definition) is 2. The fourth-order valence-corrected chi connectivity index (χ4v) is 4.61. The summed E-state index contributed by atoms with van der Waals surface area (Å²) in [6, 6.07) is 4.77. The van der Waals surface area contributed by atoms with Crippen LogP contribution < -0.4 is 10.5 Å². The first-order chi connectivity index (χ1) is 13.4. The molecule has 0 bridgehead atoms. The molecule has 1 aromatic carbocycles. The number of nitrogens with one attached hydrogen (secondary N) is 1. The van der Waals surface area contributed by atoms with Crippen molar-refractivity contribution in [3.8, 4) is 0 Å². The van der Waals surface area contributed by atoms with Gasteiger partial charge in [-0.15, -0.1) is 0 Å². The summed E-state index contributed by atoms with van der Waals surface area (Å²) in [5.41, 5.74) is 6.54. The summed E-state index contributed by atoms with van der Waals surface area (Å²) in [6.07, 6.45) is 17.5. The zero-order valence-electron chi connectivity index (χ0n) is 17.5. The normalized spacial score (nSPS) is 11.6. The smallest absolute Gasteiger partial charge is 0.232 e. The van der Waals surface area contributed by atoms with Crippen molar-refractivity contribution < 1.29 is 8.42 Å². The van der Waals surface area contributed by atoms with E-state index in [2.05, 4.69) is 11.6 Å². The molecule has 28 heavy (non-hydrogen) atoms. The van der Waals surface area contributed by atoms with Gasteiger partial charge in [0, 0.05) is 0 Å². The SMILES string of the molecule is CCCCCCCCCCCCCCCCS(=O)(=O)Nc1ccc(Cl)c(N)c1. The molecule has 0 spiro atoms. The van der Waals surface area contributed by atoms with Gasteiger partial charge in [0.05, 0.1) is 22.2 Å². The summed E-state index contributed by atoms with van der Waals surface area (Å²) >= 11 is 5.85. The first kappa shape index (κ1) is 25.1. The Morgan fingerprint density at radius 1 is 0.821 bits per heavy atom. The van der Waals surface area contributed by atoms with Gasteiger partial charge in [0.1, 0.15) is 0 Å². The van der Waals surface area contributed by atoms with Crippen molar-refractivity contribution in [3.05, 3.63) is 23.2 Å². The van der Waals surface area contributed by atoms with E-state index in [1.54, 1.807) is 18.2 Å². The highest BCUT2D eigenvalue weighted by molar-refractivity contribution is 7.92. The molecule has 0 aliphatic rings. The lowest BCUT2D eigenvalue weighted by Gasteiger charge is -2.09. The van der Waals surface area contributed by atoms with Crippen molar-refractivity contribution >= 4 is 33.0 Å². The van der Waals surface area contributed by atoms with Gasteiger partial charge in [-0.2, -0.15) is 0 Å². The Hall–Kier alpha value is -0.940. The van der Waals surface area contributed by atoms with Gasteiger partial charge in [-0.1, -0.05) is 102 Å². The lowest BCUT2D eigenvalue weighted by Crippen LogP contribution is -2.16. The minimum absolute atomic E-state index is 0.146. The van der Waals surface area contributed by atoms with E-state index in [1.165, 1.54) is 70.6 Å². The van der Waals surface area contributed by atoms with Gasteiger partial charge < -0.3 is 5.73 Å². The second-order valence-electron chi connectivity index (χ2n) is 7.75. The molecular formula is C22H39ClN2O2S. The zero-order valence-corrected chi connectivity index (χ0v) is 19.1. The molecule has 162 valence electrons. The van der Waals surface area contributed by atoms with Gasteiger partial charge >= 0.3 is 0 Å². The van der Waals surface area contributed by atoms with Crippen LogP contribution in [0.5, 0.6) is 0 Å².